The van der Waals surface area contributed by atoms with Crippen molar-refractivity contribution in [2.75, 3.05) is 13.2 Å². The number of rotatable bonds is 6. The van der Waals surface area contributed by atoms with Crippen LogP contribution in [0.3, 0.4) is 0 Å². The molecule has 0 aliphatic heterocycles. The van der Waals surface area contributed by atoms with Gasteiger partial charge in [-0.2, -0.15) is 0 Å². The number of hydrogen-bond donors (Lipinski definition) is 2. The van der Waals surface area contributed by atoms with E-state index >= 15 is 0 Å². The molecular weight excluding hydrogens is 374 g/mol. The number of amides is 2. The number of nitrogens with one attached hydrogen (secondary N) is 1. The van der Waals surface area contributed by atoms with Gasteiger partial charge in [0, 0.05) is 12.1 Å². The van der Waals surface area contributed by atoms with Gasteiger partial charge in [0.25, 0.3) is 17.5 Å². The molecule has 27 heavy (non-hydrogen) atoms. The molecule has 0 saturated heterocycles. The maximum absolute atomic E-state index is 12.0. The first kappa shape index (κ1) is 19.8. The van der Waals surface area contributed by atoms with E-state index < -0.39 is 16.7 Å². The maximum atomic E-state index is 12.0. The molecule has 0 radical (unpaired) electrons. The summed E-state index contributed by atoms with van der Waals surface area (Å²) in [6.07, 6.45) is 0. The Morgan fingerprint density at radius 2 is 1.93 bits per heavy atom. The second kappa shape index (κ2) is 9.22. The molecule has 0 heterocycles. The predicted molar refractivity (Wildman–Crippen MR) is 98.7 cm³/mol. The van der Waals surface area contributed by atoms with Gasteiger partial charge in [-0.05, 0) is 18.2 Å². The highest BCUT2D eigenvalue weighted by Gasteiger charge is 2.15. The molecule has 0 fully saturated rings. The van der Waals surface area contributed by atoms with Crippen LogP contribution in [-0.2, 0) is 0 Å². The number of benzene rings is 2. The number of ether oxygens (including phenoxy) is 1. The summed E-state index contributed by atoms with van der Waals surface area (Å²) in [5.41, 5.74) is 5.23. The van der Waals surface area contributed by atoms with E-state index in [0.29, 0.717) is 5.75 Å². The first-order valence-electron chi connectivity index (χ1n) is 7.59. The van der Waals surface area contributed by atoms with Crippen LogP contribution < -0.4 is 15.8 Å². The Bertz CT molecular complexity index is 949. The largest absolute Gasteiger partial charge is 0.480 e. The number of nitrogens with zero attached hydrogens (tertiary/aromatic N) is 1. The topological polar surface area (TPSA) is 125 Å². The van der Waals surface area contributed by atoms with Gasteiger partial charge in [0.15, 0.2) is 0 Å². The average Bonchev–Trinajstić information content (AvgIpc) is 2.64. The Kier molecular flexibility index (Phi) is 6.74. The molecule has 0 atom stereocenters. The highest BCUT2D eigenvalue weighted by atomic mass is 35.5. The molecule has 0 unspecified atom stereocenters. The highest BCUT2D eigenvalue weighted by molar-refractivity contribution is 6.33. The van der Waals surface area contributed by atoms with Crippen LogP contribution in [0.25, 0.3) is 0 Å². The van der Waals surface area contributed by atoms with E-state index in [9.17, 15) is 19.7 Å². The minimum atomic E-state index is -0.617. The summed E-state index contributed by atoms with van der Waals surface area (Å²) in [5, 5.41) is 13.3. The summed E-state index contributed by atoms with van der Waals surface area (Å²) >= 11 is 5.89. The monoisotopic (exact) mass is 387 g/mol. The van der Waals surface area contributed by atoms with Gasteiger partial charge < -0.3 is 15.8 Å². The third-order valence-corrected chi connectivity index (χ3v) is 3.65. The number of carbonyl (C=O) groups is 2. The molecule has 2 rings (SSSR count). The normalized spacial score (nSPS) is 9.67. The first-order valence-corrected chi connectivity index (χ1v) is 7.97. The fourth-order valence-corrected chi connectivity index (χ4v) is 2.25. The number of hydrogen-bond acceptors (Lipinski definition) is 5. The van der Waals surface area contributed by atoms with Crippen molar-refractivity contribution in [3.8, 4) is 17.6 Å². The summed E-state index contributed by atoms with van der Waals surface area (Å²) < 4.78 is 5.37. The van der Waals surface area contributed by atoms with Crippen molar-refractivity contribution in [2.45, 2.75) is 0 Å². The third kappa shape index (κ3) is 5.45. The molecule has 2 aromatic carbocycles. The Labute approximate surface area is 159 Å². The van der Waals surface area contributed by atoms with Gasteiger partial charge in [-0.25, -0.2) is 0 Å². The molecule has 0 spiro atoms. The smallest absolute Gasteiger partial charge is 0.270 e. The molecule has 0 aromatic heterocycles. The van der Waals surface area contributed by atoms with E-state index in [1.165, 1.54) is 18.2 Å². The number of non-ortho nitro benzene ring substituents is 1. The zero-order valence-corrected chi connectivity index (χ0v) is 14.7. The van der Waals surface area contributed by atoms with Crippen LogP contribution in [0.5, 0.6) is 5.75 Å². The summed E-state index contributed by atoms with van der Waals surface area (Å²) in [5.74, 6) is 4.45. The lowest BCUT2D eigenvalue weighted by molar-refractivity contribution is -0.384. The van der Waals surface area contributed by atoms with Crippen molar-refractivity contribution in [1.29, 1.82) is 0 Å². The van der Waals surface area contributed by atoms with E-state index in [1.54, 1.807) is 18.2 Å². The number of para-hydroxylation sites is 1. The number of halogens is 1. The summed E-state index contributed by atoms with van der Waals surface area (Å²) in [6.45, 7) is -0.0313. The van der Waals surface area contributed by atoms with Crippen molar-refractivity contribution >= 4 is 29.1 Å². The quantitative estimate of drug-likeness (QED) is 0.446. The molecule has 3 N–H and O–H groups in total. The van der Waals surface area contributed by atoms with E-state index in [0.717, 1.165) is 6.07 Å². The van der Waals surface area contributed by atoms with Gasteiger partial charge >= 0.3 is 0 Å². The van der Waals surface area contributed by atoms with Gasteiger partial charge in [0.1, 0.15) is 12.4 Å². The lowest BCUT2D eigenvalue weighted by Crippen LogP contribution is -2.24. The Morgan fingerprint density at radius 3 is 2.63 bits per heavy atom. The van der Waals surface area contributed by atoms with Gasteiger partial charge in [0.2, 0.25) is 0 Å². The van der Waals surface area contributed by atoms with Crippen LogP contribution in [0.4, 0.5) is 5.69 Å². The molecule has 0 aliphatic carbocycles. The lowest BCUT2D eigenvalue weighted by atomic mass is 10.2. The van der Waals surface area contributed by atoms with Crippen LogP contribution in [-0.4, -0.2) is 29.9 Å². The fraction of sp³-hybridized carbons (Fsp3) is 0.111. The third-order valence-electron chi connectivity index (χ3n) is 3.32. The van der Waals surface area contributed by atoms with Crippen LogP contribution in [0, 0.1) is 22.0 Å². The Morgan fingerprint density at radius 1 is 1.19 bits per heavy atom. The number of nitro groups is 1. The predicted octanol–water partition coefficient (Wildman–Crippen LogP) is 2.16. The standard InChI is InChI=1S/C18H14ClN3O5/c19-15-8-7-12(22(25)26)11-14(15)18(24)21-9-3-4-10-27-16-6-2-1-5-13(16)17(20)23/h1-2,5-8,11H,9-10H2,(H2,20,23)(H,21,24). The molecule has 0 saturated carbocycles. The number of carbonyl (C=O) groups excluding carboxylic acids is 2. The van der Waals surface area contributed by atoms with Gasteiger partial charge in [-0.3, -0.25) is 19.7 Å². The fourth-order valence-electron chi connectivity index (χ4n) is 2.04. The van der Waals surface area contributed by atoms with Crippen LogP contribution in [0.2, 0.25) is 5.02 Å². The van der Waals surface area contributed by atoms with Crippen molar-refractivity contribution < 1.29 is 19.2 Å². The van der Waals surface area contributed by atoms with E-state index in [2.05, 4.69) is 17.2 Å². The van der Waals surface area contributed by atoms with E-state index in [-0.39, 0.29) is 35.0 Å². The molecule has 0 bridgehead atoms. The number of nitrogens with two attached hydrogens (primary N) is 1. The second-order valence-corrected chi connectivity index (χ2v) is 5.51. The molecule has 0 aliphatic rings. The summed E-state index contributed by atoms with van der Waals surface area (Å²) in [4.78, 5) is 33.5. The molecule has 9 heteroatoms. The van der Waals surface area contributed by atoms with Gasteiger partial charge in [0.05, 0.1) is 27.6 Å². The average molecular weight is 388 g/mol. The van der Waals surface area contributed by atoms with Crippen molar-refractivity contribution in [3.63, 3.8) is 0 Å². The van der Waals surface area contributed by atoms with Crippen LogP contribution in [0.15, 0.2) is 42.5 Å². The highest BCUT2D eigenvalue weighted by Crippen LogP contribution is 2.21. The molecule has 2 amide bonds. The maximum Gasteiger partial charge on any atom is 0.270 e. The zero-order valence-electron chi connectivity index (χ0n) is 13.9. The van der Waals surface area contributed by atoms with Crippen molar-refractivity contribution in [2.24, 2.45) is 5.73 Å². The SMILES string of the molecule is NC(=O)c1ccccc1OCC#CCNC(=O)c1cc([N+](=O)[O-])ccc1Cl. The van der Waals surface area contributed by atoms with E-state index in [4.69, 9.17) is 22.1 Å². The second-order valence-electron chi connectivity index (χ2n) is 5.11. The van der Waals surface area contributed by atoms with E-state index in [1.807, 2.05) is 0 Å². The number of nitro benzene ring substituents is 1. The van der Waals surface area contributed by atoms with Crippen molar-refractivity contribution in [1.82, 2.24) is 5.32 Å². The summed E-state index contributed by atoms with van der Waals surface area (Å²) in [6, 6.07) is 10.1. The summed E-state index contributed by atoms with van der Waals surface area (Å²) in [7, 11) is 0. The molecule has 2 aromatic rings. The van der Waals surface area contributed by atoms with Gasteiger partial charge in [-0.1, -0.05) is 35.6 Å². The number of primary amides is 1. The van der Waals surface area contributed by atoms with Crippen LogP contribution in [0.1, 0.15) is 20.7 Å². The minimum Gasteiger partial charge on any atom is -0.480 e. The first-order chi connectivity index (χ1) is 12.9. The molecule has 138 valence electrons. The lowest BCUT2D eigenvalue weighted by Gasteiger charge is -2.06. The minimum absolute atomic E-state index is 0.0145. The Balaban J connectivity index is 1.89. The van der Waals surface area contributed by atoms with Crippen molar-refractivity contribution in [3.05, 3.63) is 68.7 Å². The van der Waals surface area contributed by atoms with Gasteiger partial charge in [-0.15, -0.1) is 0 Å². The molecule has 8 nitrogen and oxygen atoms in total. The Hall–Kier alpha value is -3.57. The van der Waals surface area contributed by atoms with Crippen LogP contribution >= 0.6 is 11.6 Å². The zero-order chi connectivity index (χ0) is 19.8. The molecular formula is C18H14ClN3O5.